The topological polar surface area (TPSA) is 58.6 Å². The average molecular weight is 296 g/mol. The third-order valence-corrected chi connectivity index (χ3v) is 3.53. The van der Waals surface area contributed by atoms with Crippen LogP contribution in [0.5, 0.6) is 5.75 Å². The molecule has 1 aliphatic rings. The number of para-hydroxylation sites is 1. The number of hydrogen-bond donors (Lipinski definition) is 1. The number of amides is 2. The van der Waals surface area contributed by atoms with Gasteiger partial charge in [-0.3, -0.25) is 10.1 Å². The van der Waals surface area contributed by atoms with E-state index in [-0.39, 0.29) is 5.91 Å². The summed E-state index contributed by atoms with van der Waals surface area (Å²) < 4.78 is 5.17. The van der Waals surface area contributed by atoms with Gasteiger partial charge in [0, 0.05) is 17.9 Å². The van der Waals surface area contributed by atoms with E-state index in [0.29, 0.717) is 24.4 Å². The molecule has 0 spiro atoms. The van der Waals surface area contributed by atoms with Gasteiger partial charge in [-0.2, -0.15) is 0 Å². The Labute approximate surface area is 128 Å². The van der Waals surface area contributed by atoms with E-state index >= 15 is 0 Å². The van der Waals surface area contributed by atoms with Crippen LogP contribution in [-0.4, -0.2) is 18.5 Å². The van der Waals surface area contributed by atoms with Crippen LogP contribution >= 0.6 is 0 Å². The van der Waals surface area contributed by atoms with Crippen LogP contribution in [0.15, 0.2) is 48.5 Å². The number of nitrogens with one attached hydrogen (secondary N) is 1. The van der Waals surface area contributed by atoms with Gasteiger partial charge in [0.25, 0.3) is 0 Å². The maximum Gasteiger partial charge on any atom is 0.417 e. The van der Waals surface area contributed by atoms with Gasteiger partial charge in [-0.15, -0.1) is 0 Å². The fourth-order valence-corrected chi connectivity index (χ4v) is 2.55. The number of anilines is 2. The van der Waals surface area contributed by atoms with Crippen molar-refractivity contribution in [3.05, 3.63) is 54.1 Å². The first-order valence-electron chi connectivity index (χ1n) is 7.14. The quantitative estimate of drug-likeness (QED) is 0.946. The minimum atomic E-state index is -0.553. The van der Waals surface area contributed by atoms with E-state index in [2.05, 4.69) is 5.32 Å². The van der Waals surface area contributed by atoms with Crippen LogP contribution in [0.3, 0.4) is 0 Å². The van der Waals surface area contributed by atoms with Crippen molar-refractivity contribution in [2.75, 3.05) is 16.8 Å². The van der Waals surface area contributed by atoms with E-state index in [1.807, 2.05) is 25.1 Å². The average Bonchev–Trinajstić information content (AvgIpc) is 2.82. The summed E-state index contributed by atoms with van der Waals surface area (Å²) in [5, 5.41) is 2.68. The number of carbonyl (C=O) groups is 2. The molecule has 0 aromatic heterocycles. The molecular weight excluding hydrogens is 280 g/mol. The van der Waals surface area contributed by atoms with E-state index in [0.717, 1.165) is 11.3 Å². The van der Waals surface area contributed by atoms with Crippen molar-refractivity contribution in [2.45, 2.75) is 13.3 Å². The second-order valence-corrected chi connectivity index (χ2v) is 4.99. The van der Waals surface area contributed by atoms with Crippen molar-refractivity contribution in [3.63, 3.8) is 0 Å². The van der Waals surface area contributed by atoms with E-state index in [9.17, 15) is 9.59 Å². The molecule has 2 aromatic rings. The second-order valence-electron chi connectivity index (χ2n) is 4.99. The summed E-state index contributed by atoms with van der Waals surface area (Å²) in [6, 6.07) is 14.3. The summed E-state index contributed by atoms with van der Waals surface area (Å²) in [5.74, 6) is 0.565. The molecule has 0 unspecified atom stereocenters. The lowest BCUT2D eigenvalue weighted by molar-refractivity contribution is -0.117. The zero-order valence-electron chi connectivity index (χ0n) is 12.2. The molecule has 0 aliphatic carbocycles. The molecule has 0 atom stereocenters. The van der Waals surface area contributed by atoms with Crippen molar-refractivity contribution in [3.8, 4) is 5.75 Å². The Morgan fingerprint density at radius 2 is 2.00 bits per heavy atom. The van der Waals surface area contributed by atoms with Gasteiger partial charge in [0.2, 0.25) is 5.91 Å². The summed E-state index contributed by atoms with van der Waals surface area (Å²) in [5.41, 5.74) is 2.45. The SMILES string of the molecule is CCN1C(=O)Cc2cc(NC(=O)Oc3ccccc3)ccc21. The standard InChI is InChI=1S/C17H16N2O3/c1-2-19-15-9-8-13(10-12(15)11-16(19)20)18-17(21)22-14-6-4-3-5-7-14/h3-10H,2,11H2,1H3,(H,18,21). The van der Waals surface area contributed by atoms with E-state index in [4.69, 9.17) is 4.74 Å². The molecule has 0 fully saturated rings. The maximum absolute atomic E-state index is 11.9. The van der Waals surface area contributed by atoms with Gasteiger partial charge in [-0.1, -0.05) is 18.2 Å². The number of carbonyl (C=O) groups excluding carboxylic acids is 2. The molecule has 5 nitrogen and oxygen atoms in total. The molecular formula is C17H16N2O3. The number of likely N-dealkylation sites (N-methyl/N-ethyl adjacent to an activating group) is 1. The summed E-state index contributed by atoms with van der Waals surface area (Å²) in [6.45, 7) is 2.59. The molecule has 0 saturated heterocycles. The highest BCUT2D eigenvalue weighted by atomic mass is 16.6. The third kappa shape index (κ3) is 2.79. The van der Waals surface area contributed by atoms with Crippen molar-refractivity contribution in [1.82, 2.24) is 0 Å². The highest BCUT2D eigenvalue weighted by Crippen LogP contribution is 2.31. The van der Waals surface area contributed by atoms with Crippen LogP contribution in [-0.2, 0) is 11.2 Å². The van der Waals surface area contributed by atoms with Gasteiger partial charge in [0.05, 0.1) is 6.42 Å². The molecule has 5 heteroatoms. The number of hydrogen-bond acceptors (Lipinski definition) is 3. The molecule has 1 heterocycles. The van der Waals surface area contributed by atoms with Gasteiger partial charge < -0.3 is 9.64 Å². The van der Waals surface area contributed by atoms with Crippen LogP contribution in [0.4, 0.5) is 16.2 Å². The third-order valence-electron chi connectivity index (χ3n) is 3.53. The Bertz CT molecular complexity index is 713. The summed E-state index contributed by atoms with van der Waals surface area (Å²) >= 11 is 0. The predicted octanol–water partition coefficient (Wildman–Crippen LogP) is 3.21. The zero-order chi connectivity index (χ0) is 15.5. The molecule has 0 bridgehead atoms. The Hall–Kier alpha value is -2.82. The van der Waals surface area contributed by atoms with Crippen molar-refractivity contribution in [2.24, 2.45) is 0 Å². The lowest BCUT2D eigenvalue weighted by atomic mass is 10.1. The van der Waals surface area contributed by atoms with Crippen LogP contribution in [0.25, 0.3) is 0 Å². The molecule has 2 aromatic carbocycles. The summed E-state index contributed by atoms with van der Waals surface area (Å²) in [7, 11) is 0. The van der Waals surface area contributed by atoms with E-state index < -0.39 is 6.09 Å². The minimum Gasteiger partial charge on any atom is -0.410 e. The Morgan fingerprint density at radius 3 is 2.73 bits per heavy atom. The lowest BCUT2D eigenvalue weighted by Gasteiger charge is -2.14. The molecule has 1 N–H and O–H groups in total. The van der Waals surface area contributed by atoms with Gasteiger partial charge in [-0.05, 0) is 42.8 Å². The van der Waals surface area contributed by atoms with Crippen molar-refractivity contribution in [1.29, 1.82) is 0 Å². The Morgan fingerprint density at radius 1 is 1.23 bits per heavy atom. The Kier molecular flexibility index (Phi) is 3.78. The Balaban J connectivity index is 1.71. The molecule has 3 rings (SSSR count). The predicted molar refractivity (Wildman–Crippen MR) is 84.3 cm³/mol. The van der Waals surface area contributed by atoms with Gasteiger partial charge in [0.1, 0.15) is 5.75 Å². The number of rotatable bonds is 3. The molecule has 2 amide bonds. The van der Waals surface area contributed by atoms with E-state index in [1.165, 1.54) is 0 Å². The largest absolute Gasteiger partial charge is 0.417 e. The normalized spacial score (nSPS) is 13.0. The molecule has 1 aliphatic heterocycles. The van der Waals surface area contributed by atoms with Gasteiger partial charge in [0.15, 0.2) is 0 Å². The molecule has 0 radical (unpaired) electrons. The number of nitrogens with zero attached hydrogens (tertiary/aromatic N) is 1. The maximum atomic E-state index is 11.9. The molecule has 112 valence electrons. The monoisotopic (exact) mass is 296 g/mol. The van der Waals surface area contributed by atoms with Crippen LogP contribution < -0.4 is 15.0 Å². The highest BCUT2D eigenvalue weighted by Gasteiger charge is 2.26. The smallest absolute Gasteiger partial charge is 0.410 e. The van der Waals surface area contributed by atoms with E-state index in [1.54, 1.807) is 35.2 Å². The van der Waals surface area contributed by atoms with Gasteiger partial charge >= 0.3 is 6.09 Å². The van der Waals surface area contributed by atoms with Crippen LogP contribution in [0, 0.1) is 0 Å². The van der Waals surface area contributed by atoms with Crippen molar-refractivity contribution < 1.29 is 14.3 Å². The van der Waals surface area contributed by atoms with Crippen LogP contribution in [0.2, 0.25) is 0 Å². The fourth-order valence-electron chi connectivity index (χ4n) is 2.55. The fraction of sp³-hybridized carbons (Fsp3) is 0.176. The highest BCUT2D eigenvalue weighted by molar-refractivity contribution is 6.02. The first-order valence-corrected chi connectivity index (χ1v) is 7.14. The zero-order valence-corrected chi connectivity index (χ0v) is 12.2. The minimum absolute atomic E-state index is 0.0847. The molecule has 0 saturated carbocycles. The number of benzene rings is 2. The summed E-state index contributed by atoms with van der Waals surface area (Å²) in [6.07, 6.45) is -0.185. The lowest BCUT2D eigenvalue weighted by Crippen LogP contribution is -2.25. The summed E-state index contributed by atoms with van der Waals surface area (Å²) in [4.78, 5) is 25.4. The first kappa shape index (κ1) is 14.1. The van der Waals surface area contributed by atoms with Crippen LogP contribution in [0.1, 0.15) is 12.5 Å². The second kappa shape index (κ2) is 5.89. The molecule has 22 heavy (non-hydrogen) atoms. The number of ether oxygens (including phenoxy) is 1. The first-order chi connectivity index (χ1) is 10.7. The van der Waals surface area contributed by atoms with Crippen molar-refractivity contribution >= 4 is 23.4 Å². The van der Waals surface area contributed by atoms with Gasteiger partial charge in [-0.25, -0.2) is 4.79 Å². The number of fused-ring (bicyclic) bond motifs is 1.